The Morgan fingerprint density at radius 2 is 2.11 bits per heavy atom. The van der Waals surface area contributed by atoms with Crippen LogP contribution in [0.15, 0.2) is 0 Å². The van der Waals surface area contributed by atoms with E-state index in [1.165, 1.54) is 12.2 Å². The monoisotopic (exact) mass is 147 g/mol. The van der Waals surface area contributed by atoms with Crippen molar-refractivity contribution in [3.05, 3.63) is 0 Å². The zero-order valence-corrected chi connectivity index (χ0v) is 7.42. The summed E-state index contributed by atoms with van der Waals surface area (Å²) in [5.74, 6) is 2.09. The first-order valence-electron chi connectivity index (χ1n) is 3.62. The van der Waals surface area contributed by atoms with E-state index in [2.05, 4.69) is 25.5 Å². The van der Waals surface area contributed by atoms with Gasteiger partial charge < -0.3 is 0 Å². The second kappa shape index (κ2) is 6.43. The lowest BCUT2D eigenvalue weighted by Gasteiger charge is -2.02. The highest BCUT2D eigenvalue weighted by atomic mass is 32.2. The van der Waals surface area contributed by atoms with Gasteiger partial charge >= 0.3 is 0 Å². The van der Waals surface area contributed by atoms with Crippen molar-refractivity contribution in [1.29, 1.82) is 0 Å². The second-order valence-corrected chi connectivity index (χ2v) is 3.51. The Morgan fingerprint density at radius 1 is 1.44 bits per heavy atom. The van der Waals surface area contributed by atoms with Crippen molar-refractivity contribution in [3.8, 4) is 0 Å². The standard InChI is InChI=1S/C7H17NS/c1-4-8-9-6-5-7(2)3/h7-8H,4-6H2,1-3H3. The fourth-order valence-electron chi connectivity index (χ4n) is 0.469. The first kappa shape index (κ1) is 9.31. The van der Waals surface area contributed by atoms with E-state index < -0.39 is 0 Å². The van der Waals surface area contributed by atoms with E-state index in [4.69, 9.17) is 0 Å². The van der Waals surface area contributed by atoms with Crippen LogP contribution >= 0.6 is 11.9 Å². The zero-order valence-electron chi connectivity index (χ0n) is 6.61. The molecule has 0 saturated carbocycles. The molecule has 0 amide bonds. The van der Waals surface area contributed by atoms with Gasteiger partial charge in [-0.2, -0.15) is 0 Å². The number of hydrogen-bond donors (Lipinski definition) is 1. The van der Waals surface area contributed by atoms with Gasteiger partial charge in [-0.1, -0.05) is 32.7 Å². The molecule has 0 aromatic carbocycles. The molecule has 0 unspecified atom stereocenters. The largest absolute Gasteiger partial charge is 0.264 e. The average Bonchev–Trinajstić information content (AvgIpc) is 1.80. The lowest BCUT2D eigenvalue weighted by molar-refractivity contribution is 0.631. The SMILES string of the molecule is CCNSCCC(C)C. The van der Waals surface area contributed by atoms with Crippen molar-refractivity contribution in [2.24, 2.45) is 5.92 Å². The predicted octanol–water partition coefficient (Wildman–Crippen LogP) is 2.29. The quantitative estimate of drug-likeness (QED) is 0.473. The van der Waals surface area contributed by atoms with Gasteiger partial charge in [-0.05, 0) is 12.3 Å². The first-order valence-corrected chi connectivity index (χ1v) is 4.60. The molecule has 0 rings (SSSR count). The summed E-state index contributed by atoms with van der Waals surface area (Å²) in [5, 5.41) is 0. The number of hydrogen-bond acceptors (Lipinski definition) is 2. The van der Waals surface area contributed by atoms with Gasteiger partial charge in [-0.3, -0.25) is 4.72 Å². The Bertz CT molecular complexity index is 54.9. The second-order valence-electron chi connectivity index (χ2n) is 2.53. The van der Waals surface area contributed by atoms with Crippen LogP contribution < -0.4 is 4.72 Å². The summed E-state index contributed by atoms with van der Waals surface area (Å²) in [6, 6.07) is 0. The van der Waals surface area contributed by atoms with Crippen molar-refractivity contribution >= 4 is 11.9 Å². The van der Waals surface area contributed by atoms with Gasteiger partial charge in [0.05, 0.1) is 0 Å². The maximum Gasteiger partial charge on any atom is 0.00810 e. The van der Waals surface area contributed by atoms with Crippen LogP contribution in [0.2, 0.25) is 0 Å². The predicted molar refractivity (Wildman–Crippen MR) is 45.6 cm³/mol. The van der Waals surface area contributed by atoms with Crippen molar-refractivity contribution in [1.82, 2.24) is 4.72 Å². The summed E-state index contributed by atoms with van der Waals surface area (Å²) in [5.41, 5.74) is 0. The van der Waals surface area contributed by atoms with Crippen LogP contribution in [0.3, 0.4) is 0 Å². The van der Waals surface area contributed by atoms with Crippen molar-refractivity contribution in [2.45, 2.75) is 27.2 Å². The molecule has 0 aliphatic heterocycles. The van der Waals surface area contributed by atoms with E-state index in [0.29, 0.717) is 0 Å². The fraction of sp³-hybridized carbons (Fsp3) is 1.00. The molecule has 1 nitrogen and oxygen atoms in total. The molecule has 56 valence electrons. The number of nitrogens with one attached hydrogen (secondary N) is 1. The molecule has 0 heterocycles. The maximum absolute atomic E-state index is 3.22. The highest BCUT2D eigenvalue weighted by Gasteiger charge is 1.91. The molecule has 0 atom stereocenters. The van der Waals surface area contributed by atoms with E-state index >= 15 is 0 Å². The zero-order chi connectivity index (χ0) is 7.11. The van der Waals surface area contributed by atoms with E-state index in [1.807, 2.05) is 11.9 Å². The summed E-state index contributed by atoms with van der Waals surface area (Å²) in [6.07, 6.45) is 1.32. The first-order chi connectivity index (χ1) is 4.27. The molecule has 0 fully saturated rings. The lowest BCUT2D eigenvalue weighted by Crippen LogP contribution is -2.03. The molecule has 0 radical (unpaired) electrons. The van der Waals surface area contributed by atoms with Crippen LogP contribution in [0.25, 0.3) is 0 Å². The summed E-state index contributed by atoms with van der Waals surface area (Å²) >= 11 is 1.83. The number of rotatable bonds is 5. The van der Waals surface area contributed by atoms with Gasteiger partial charge in [0.2, 0.25) is 0 Å². The van der Waals surface area contributed by atoms with Gasteiger partial charge in [0, 0.05) is 12.3 Å². The van der Waals surface area contributed by atoms with Gasteiger partial charge in [0.25, 0.3) is 0 Å². The summed E-state index contributed by atoms with van der Waals surface area (Å²) in [7, 11) is 0. The molecule has 0 aliphatic rings. The lowest BCUT2D eigenvalue weighted by atomic mass is 10.2. The Morgan fingerprint density at radius 3 is 2.56 bits per heavy atom. The van der Waals surface area contributed by atoms with Crippen LogP contribution in [0, 0.1) is 5.92 Å². The fourth-order valence-corrected chi connectivity index (χ4v) is 1.41. The third-order valence-corrected chi connectivity index (χ3v) is 1.98. The van der Waals surface area contributed by atoms with Crippen LogP contribution in [0.4, 0.5) is 0 Å². The normalized spacial score (nSPS) is 10.7. The van der Waals surface area contributed by atoms with E-state index in [1.54, 1.807) is 0 Å². The molecule has 0 aromatic rings. The summed E-state index contributed by atoms with van der Waals surface area (Å²) < 4.78 is 3.22. The molecule has 0 aliphatic carbocycles. The minimum Gasteiger partial charge on any atom is -0.264 e. The van der Waals surface area contributed by atoms with Gasteiger partial charge in [0.15, 0.2) is 0 Å². The third kappa shape index (κ3) is 8.31. The van der Waals surface area contributed by atoms with Gasteiger partial charge in [-0.15, -0.1) is 0 Å². The van der Waals surface area contributed by atoms with Crippen LogP contribution in [-0.2, 0) is 0 Å². The molecular weight excluding hydrogens is 130 g/mol. The molecule has 0 aromatic heterocycles. The van der Waals surface area contributed by atoms with E-state index in [9.17, 15) is 0 Å². The average molecular weight is 147 g/mol. The van der Waals surface area contributed by atoms with E-state index in [0.717, 1.165) is 12.5 Å². The van der Waals surface area contributed by atoms with E-state index in [-0.39, 0.29) is 0 Å². The minimum atomic E-state index is 0.844. The maximum atomic E-state index is 3.22. The molecular formula is C7H17NS. The third-order valence-electron chi connectivity index (χ3n) is 1.04. The Kier molecular flexibility index (Phi) is 6.65. The Hall–Kier alpha value is 0.310. The molecule has 0 saturated heterocycles. The molecule has 0 bridgehead atoms. The molecule has 2 heteroatoms. The van der Waals surface area contributed by atoms with Crippen molar-refractivity contribution < 1.29 is 0 Å². The van der Waals surface area contributed by atoms with Gasteiger partial charge in [-0.25, -0.2) is 0 Å². The Balaban J connectivity index is 2.75. The minimum absolute atomic E-state index is 0.844. The summed E-state index contributed by atoms with van der Waals surface area (Å²) in [6.45, 7) is 7.71. The molecule has 9 heavy (non-hydrogen) atoms. The Labute approximate surface area is 62.7 Å². The van der Waals surface area contributed by atoms with Gasteiger partial charge in [0.1, 0.15) is 0 Å². The van der Waals surface area contributed by atoms with Crippen LogP contribution in [0.5, 0.6) is 0 Å². The summed E-state index contributed by atoms with van der Waals surface area (Å²) in [4.78, 5) is 0. The smallest absolute Gasteiger partial charge is 0.00810 e. The van der Waals surface area contributed by atoms with Crippen LogP contribution in [0.1, 0.15) is 27.2 Å². The highest BCUT2D eigenvalue weighted by molar-refractivity contribution is 7.97. The molecule has 1 N–H and O–H groups in total. The topological polar surface area (TPSA) is 12.0 Å². The van der Waals surface area contributed by atoms with Crippen molar-refractivity contribution in [2.75, 3.05) is 12.3 Å². The van der Waals surface area contributed by atoms with Crippen LogP contribution in [-0.4, -0.2) is 12.3 Å². The molecule has 0 spiro atoms. The highest BCUT2D eigenvalue weighted by Crippen LogP contribution is 2.04. The van der Waals surface area contributed by atoms with Crippen molar-refractivity contribution in [3.63, 3.8) is 0 Å².